The van der Waals surface area contributed by atoms with Gasteiger partial charge in [-0.25, -0.2) is 0 Å². The Hall–Kier alpha value is -2.50. The molecule has 0 amide bonds. The molecule has 0 fully saturated rings. The van der Waals surface area contributed by atoms with Crippen LogP contribution in [0.2, 0.25) is 0 Å². The van der Waals surface area contributed by atoms with Crippen LogP contribution in [-0.2, 0) is 4.79 Å². The molecule has 6 heteroatoms. The van der Waals surface area contributed by atoms with E-state index in [0.29, 0.717) is 29.0 Å². The first-order valence-corrected chi connectivity index (χ1v) is 9.81. The van der Waals surface area contributed by atoms with Gasteiger partial charge in [0.1, 0.15) is 34.5 Å². The minimum atomic E-state index is -0.959. The van der Waals surface area contributed by atoms with Crippen molar-refractivity contribution in [3.8, 4) is 17.2 Å². The molecule has 0 radical (unpaired) electrons. The monoisotopic (exact) mass is 388 g/mol. The van der Waals surface area contributed by atoms with E-state index in [9.17, 15) is 19.8 Å². The molecular formula is C22H28O6. The zero-order valence-electron chi connectivity index (χ0n) is 17.0. The Morgan fingerprint density at radius 2 is 1.96 bits per heavy atom. The highest BCUT2D eigenvalue weighted by Gasteiger charge is 2.41. The van der Waals surface area contributed by atoms with Crippen molar-refractivity contribution in [2.75, 3.05) is 0 Å². The number of carboxylic acids is 1. The molecule has 0 aromatic heterocycles. The van der Waals surface area contributed by atoms with Gasteiger partial charge in [-0.2, -0.15) is 0 Å². The third-order valence-electron chi connectivity index (χ3n) is 5.60. The van der Waals surface area contributed by atoms with Crippen molar-refractivity contribution in [2.45, 2.75) is 71.5 Å². The summed E-state index contributed by atoms with van der Waals surface area (Å²) in [6, 6.07) is 0. The molecule has 6 nitrogen and oxygen atoms in total. The van der Waals surface area contributed by atoms with E-state index in [1.54, 1.807) is 6.92 Å². The van der Waals surface area contributed by atoms with Crippen LogP contribution in [0.1, 0.15) is 81.3 Å². The van der Waals surface area contributed by atoms with Gasteiger partial charge in [0.25, 0.3) is 0 Å². The number of benzene rings is 1. The molecule has 0 saturated heterocycles. The molecule has 0 aliphatic carbocycles. The lowest BCUT2D eigenvalue weighted by molar-refractivity contribution is -0.137. The van der Waals surface area contributed by atoms with E-state index < -0.39 is 23.4 Å². The van der Waals surface area contributed by atoms with Gasteiger partial charge in [-0.15, -0.1) is 0 Å². The number of phenols is 1. The number of hydrogen-bond acceptors (Lipinski definition) is 5. The molecule has 0 bridgehead atoms. The summed E-state index contributed by atoms with van der Waals surface area (Å²) in [4.78, 5) is 24.5. The van der Waals surface area contributed by atoms with E-state index in [2.05, 4.69) is 0 Å². The van der Waals surface area contributed by atoms with Crippen LogP contribution in [0.5, 0.6) is 17.2 Å². The quantitative estimate of drug-likeness (QED) is 0.769. The molecule has 0 spiro atoms. The SMILES string of the molecule is CCC[C@H](CC(=O)O)c1c(O)c2c(c3c1OC(C)(C)C=C3)O[C@H](C)[C@H](C)C2=O. The average Bonchev–Trinajstić information content (AvgIpc) is 2.58. The van der Waals surface area contributed by atoms with E-state index in [1.165, 1.54) is 0 Å². The third-order valence-corrected chi connectivity index (χ3v) is 5.60. The largest absolute Gasteiger partial charge is 0.507 e. The summed E-state index contributed by atoms with van der Waals surface area (Å²) in [5.41, 5.74) is 0.508. The van der Waals surface area contributed by atoms with Crippen molar-refractivity contribution in [3.63, 3.8) is 0 Å². The fourth-order valence-corrected chi connectivity index (χ4v) is 3.94. The van der Waals surface area contributed by atoms with Crippen molar-refractivity contribution in [1.29, 1.82) is 0 Å². The van der Waals surface area contributed by atoms with Gasteiger partial charge in [0.15, 0.2) is 5.78 Å². The first-order chi connectivity index (χ1) is 13.1. The minimum absolute atomic E-state index is 0.138. The second-order valence-corrected chi connectivity index (χ2v) is 8.31. The highest BCUT2D eigenvalue weighted by Crippen LogP contribution is 2.53. The summed E-state index contributed by atoms with van der Waals surface area (Å²) < 4.78 is 12.2. The molecule has 3 atom stereocenters. The molecular weight excluding hydrogens is 360 g/mol. The Bertz CT molecular complexity index is 851. The van der Waals surface area contributed by atoms with Gasteiger partial charge in [0, 0.05) is 11.5 Å². The van der Waals surface area contributed by atoms with Crippen LogP contribution in [0.25, 0.3) is 6.08 Å². The maximum absolute atomic E-state index is 13.0. The molecule has 2 aliphatic rings. The predicted octanol–water partition coefficient (Wildman–Crippen LogP) is 4.53. The fourth-order valence-electron chi connectivity index (χ4n) is 3.94. The molecule has 2 heterocycles. The number of phenolic OH excluding ortho intramolecular Hbond substituents is 1. The fraction of sp³-hybridized carbons (Fsp3) is 0.545. The van der Waals surface area contributed by atoms with Gasteiger partial charge in [0.2, 0.25) is 0 Å². The van der Waals surface area contributed by atoms with Crippen LogP contribution < -0.4 is 9.47 Å². The molecule has 0 unspecified atom stereocenters. The number of aromatic hydroxyl groups is 1. The van der Waals surface area contributed by atoms with Gasteiger partial charge in [-0.3, -0.25) is 9.59 Å². The number of ketones is 1. The van der Waals surface area contributed by atoms with E-state index in [4.69, 9.17) is 9.47 Å². The van der Waals surface area contributed by atoms with Crippen molar-refractivity contribution in [2.24, 2.45) is 5.92 Å². The normalized spacial score (nSPS) is 23.2. The lowest BCUT2D eigenvalue weighted by Crippen LogP contribution is -2.35. The minimum Gasteiger partial charge on any atom is -0.507 e. The molecule has 28 heavy (non-hydrogen) atoms. The Morgan fingerprint density at radius 1 is 1.29 bits per heavy atom. The zero-order chi connectivity index (χ0) is 20.8. The Balaban J connectivity index is 2.32. The number of aliphatic carboxylic acids is 1. The number of carboxylic acid groups (broad SMARTS) is 1. The number of hydrogen-bond donors (Lipinski definition) is 2. The first-order valence-electron chi connectivity index (χ1n) is 9.81. The van der Waals surface area contributed by atoms with Crippen molar-refractivity contribution in [1.82, 2.24) is 0 Å². The number of fused-ring (bicyclic) bond motifs is 3. The Kier molecular flexibility index (Phi) is 5.17. The Labute approximate surface area is 165 Å². The van der Waals surface area contributed by atoms with E-state index in [0.717, 1.165) is 6.42 Å². The molecule has 0 saturated carbocycles. The summed E-state index contributed by atoms with van der Waals surface area (Å²) in [7, 11) is 0. The number of ether oxygens (including phenoxy) is 2. The van der Waals surface area contributed by atoms with Gasteiger partial charge in [-0.1, -0.05) is 20.3 Å². The van der Waals surface area contributed by atoms with Gasteiger partial charge in [-0.05, 0) is 39.3 Å². The molecule has 1 aromatic carbocycles. The van der Waals surface area contributed by atoms with Crippen molar-refractivity contribution >= 4 is 17.8 Å². The highest BCUT2D eigenvalue weighted by atomic mass is 16.5. The first kappa shape index (κ1) is 20.2. The maximum atomic E-state index is 13.0. The van der Waals surface area contributed by atoms with Crippen molar-refractivity contribution in [3.05, 3.63) is 22.8 Å². The summed E-state index contributed by atoms with van der Waals surface area (Å²) in [6.07, 6.45) is 4.53. The molecule has 2 aliphatic heterocycles. The second kappa shape index (κ2) is 7.15. The van der Waals surface area contributed by atoms with Gasteiger partial charge < -0.3 is 19.7 Å². The standard InChI is InChI=1S/C22H28O6/c1-6-7-13(10-15(23)24)16-19(26)17-18(25)11(2)12(3)27-20(17)14-8-9-22(4,5)28-21(14)16/h8-9,11-13,26H,6-7,10H2,1-5H3,(H,23,24)/t11-,12+,13+/m0/s1. The van der Waals surface area contributed by atoms with Crippen molar-refractivity contribution < 1.29 is 29.3 Å². The molecule has 152 valence electrons. The number of Topliss-reactive ketones (excluding diaryl/α,β-unsaturated/α-hetero) is 1. The maximum Gasteiger partial charge on any atom is 0.303 e. The lowest BCUT2D eigenvalue weighted by atomic mass is 9.81. The average molecular weight is 388 g/mol. The van der Waals surface area contributed by atoms with E-state index >= 15 is 0 Å². The summed E-state index contributed by atoms with van der Waals surface area (Å²) in [5.74, 6) is -1.49. The van der Waals surface area contributed by atoms with Crippen LogP contribution in [0.3, 0.4) is 0 Å². The smallest absolute Gasteiger partial charge is 0.303 e. The van der Waals surface area contributed by atoms with Crippen LogP contribution >= 0.6 is 0 Å². The topological polar surface area (TPSA) is 93.1 Å². The number of carbonyl (C=O) groups excluding carboxylic acids is 1. The van der Waals surface area contributed by atoms with Gasteiger partial charge >= 0.3 is 5.97 Å². The Morgan fingerprint density at radius 3 is 2.57 bits per heavy atom. The van der Waals surface area contributed by atoms with Crippen LogP contribution in [0, 0.1) is 5.92 Å². The van der Waals surface area contributed by atoms with Crippen LogP contribution in [-0.4, -0.2) is 33.7 Å². The zero-order valence-corrected chi connectivity index (χ0v) is 17.0. The molecule has 1 aromatic rings. The van der Waals surface area contributed by atoms with E-state index in [-0.39, 0.29) is 29.6 Å². The summed E-state index contributed by atoms with van der Waals surface area (Å²) in [5, 5.41) is 20.6. The number of carbonyl (C=O) groups is 2. The predicted molar refractivity (Wildman–Crippen MR) is 105 cm³/mol. The highest BCUT2D eigenvalue weighted by molar-refractivity contribution is 6.06. The van der Waals surface area contributed by atoms with E-state index in [1.807, 2.05) is 39.8 Å². The lowest BCUT2D eigenvalue weighted by Gasteiger charge is -2.36. The summed E-state index contributed by atoms with van der Waals surface area (Å²) in [6.45, 7) is 9.32. The van der Waals surface area contributed by atoms with Gasteiger partial charge in [0.05, 0.1) is 17.9 Å². The molecule has 2 N–H and O–H groups in total. The third kappa shape index (κ3) is 3.36. The second-order valence-electron chi connectivity index (χ2n) is 8.31. The number of rotatable bonds is 5. The summed E-state index contributed by atoms with van der Waals surface area (Å²) >= 11 is 0. The molecule has 3 rings (SSSR count). The van der Waals surface area contributed by atoms with Crippen LogP contribution in [0.15, 0.2) is 6.08 Å². The van der Waals surface area contributed by atoms with Crippen LogP contribution in [0.4, 0.5) is 0 Å².